The highest BCUT2D eigenvalue weighted by Gasteiger charge is 2.12. The van der Waals surface area contributed by atoms with Crippen molar-refractivity contribution in [2.75, 3.05) is 5.73 Å². The molecule has 0 aliphatic carbocycles. The maximum absolute atomic E-state index is 12.3. The van der Waals surface area contributed by atoms with Gasteiger partial charge in [0.15, 0.2) is 5.65 Å². The quantitative estimate of drug-likeness (QED) is 0.581. The third kappa shape index (κ3) is 2.96. The van der Waals surface area contributed by atoms with Crippen LogP contribution in [0.2, 0.25) is 0 Å². The molecule has 0 fully saturated rings. The highest BCUT2D eigenvalue weighted by molar-refractivity contribution is 7.12. The second kappa shape index (κ2) is 6.02. The molecule has 126 valence electrons. The summed E-state index contributed by atoms with van der Waals surface area (Å²) < 4.78 is 3.36. The minimum Gasteiger partial charge on any atom is -0.366 e. The minimum absolute atomic E-state index is 0.108. The van der Waals surface area contributed by atoms with Crippen LogP contribution in [0.25, 0.3) is 16.8 Å². The lowest BCUT2D eigenvalue weighted by molar-refractivity contribution is 0.0954. The molecule has 0 saturated heterocycles. The number of pyridine rings is 1. The van der Waals surface area contributed by atoms with Crippen molar-refractivity contribution in [1.82, 2.24) is 29.7 Å². The number of nitrogen functional groups attached to an aromatic ring is 1. The molecule has 0 unspecified atom stereocenters. The Kier molecular flexibility index (Phi) is 3.69. The van der Waals surface area contributed by atoms with Gasteiger partial charge in [0.2, 0.25) is 5.95 Å². The second-order valence-corrected chi connectivity index (χ2v) is 6.43. The number of fused-ring (bicyclic) bond motifs is 1. The van der Waals surface area contributed by atoms with E-state index in [1.165, 1.54) is 11.3 Å². The number of nitrogens with one attached hydrogen (secondary N) is 1. The zero-order chi connectivity index (χ0) is 17.4. The van der Waals surface area contributed by atoms with Gasteiger partial charge < -0.3 is 11.1 Å². The number of carbonyl (C=O) groups excluding carboxylic acids is 1. The Labute approximate surface area is 146 Å². The van der Waals surface area contributed by atoms with E-state index in [9.17, 15) is 4.79 Å². The van der Waals surface area contributed by atoms with Crippen molar-refractivity contribution >= 4 is 28.8 Å². The van der Waals surface area contributed by atoms with Crippen LogP contribution in [0.4, 0.5) is 5.95 Å². The number of rotatable bonds is 4. The molecule has 25 heavy (non-hydrogen) atoms. The number of nitrogens with zero attached hydrogens (tertiary/aromatic N) is 5. The van der Waals surface area contributed by atoms with E-state index < -0.39 is 0 Å². The molecule has 3 N–H and O–H groups in total. The molecule has 4 rings (SSSR count). The van der Waals surface area contributed by atoms with Crippen molar-refractivity contribution in [1.29, 1.82) is 0 Å². The zero-order valence-corrected chi connectivity index (χ0v) is 14.2. The van der Waals surface area contributed by atoms with Crippen LogP contribution in [-0.2, 0) is 13.6 Å². The Morgan fingerprint density at radius 1 is 1.32 bits per heavy atom. The molecular formula is C16H15N7OS. The maximum Gasteiger partial charge on any atom is 0.261 e. The number of hydrogen-bond acceptors (Lipinski definition) is 6. The number of nitrogens with two attached hydrogens (primary N) is 1. The van der Waals surface area contributed by atoms with Gasteiger partial charge in [-0.3, -0.25) is 9.48 Å². The van der Waals surface area contributed by atoms with Gasteiger partial charge in [-0.15, -0.1) is 16.4 Å². The van der Waals surface area contributed by atoms with Crippen LogP contribution < -0.4 is 11.1 Å². The number of aromatic nitrogens is 5. The predicted molar refractivity (Wildman–Crippen MR) is 95.1 cm³/mol. The van der Waals surface area contributed by atoms with E-state index in [1.54, 1.807) is 15.4 Å². The highest BCUT2D eigenvalue weighted by Crippen LogP contribution is 2.26. The molecule has 0 saturated carbocycles. The average Bonchev–Trinajstić information content (AvgIpc) is 3.30. The normalized spacial score (nSPS) is 11.1. The van der Waals surface area contributed by atoms with Gasteiger partial charge in [-0.25, -0.2) is 4.52 Å². The molecule has 4 heterocycles. The first-order valence-corrected chi connectivity index (χ1v) is 8.44. The number of hydrogen-bond donors (Lipinski definition) is 2. The Morgan fingerprint density at radius 3 is 3.00 bits per heavy atom. The predicted octanol–water partition coefficient (Wildman–Crippen LogP) is 1.70. The molecule has 0 atom stereocenters. The molecule has 0 radical (unpaired) electrons. The van der Waals surface area contributed by atoms with E-state index in [0.29, 0.717) is 17.1 Å². The zero-order valence-electron chi connectivity index (χ0n) is 13.4. The molecule has 4 aromatic heterocycles. The maximum atomic E-state index is 12.3. The standard InChI is InChI=1S/C16H15N7OS/c1-22-12(4-5-19-22)7-18-15(24)13-6-11(9-25-13)10-2-3-14-20-16(17)21-23(14)8-10/h2-6,8-9H,7H2,1H3,(H2,17,21)(H,18,24). The Balaban J connectivity index is 1.52. The van der Waals surface area contributed by atoms with Crippen molar-refractivity contribution < 1.29 is 4.79 Å². The van der Waals surface area contributed by atoms with Gasteiger partial charge in [-0.1, -0.05) is 0 Å². The van der Waals surface area contributed by atoms with E-state index in [4.69, 9.17) is 5.73 Å². The summed E-state index contributed by atoms with van der Waals surface area (Å²) >= 11 is 1.40. The molecule has 0 spiro atoms. The largest absolute Gasteiger partial charge is 0.366 e. The van der Waals surface area contributed by atoms with Crippen molar-refractivity contribution in [3.05, 3.63) is 52.6 Å². The molecule has 0 aliphatic heterocycles. The van der Waals surface area contributed by atoms with E-state index in [1.807, 2.05) is 42.9 Å². The topological polar surface area (TPSA) is 103 Å². The highest BCUT2D eigenvalue weighted by atomic mass is 32.1. The number of aryl methyl sites for hydroxylation is 1. The third-order valence-electron chi connectivity index (χ3n) is 3.86. The van der Waals surface area contributed by atoms with E-state index in [-0.39, 0.29) is 11.9 Å². The summed E-state index contributed by atoms with van der Waals surface area (Å²) in [6, 6.07) is 7.52. The van der Waals surface area contributed by atoms with Crippen molar-refractivity contribution in [3.63, 3.8) is 0 Å². The summed E-state index contributed by atoms with van der Waals surface area (Å²) in [5, 5.41) is 13.0. The molecule has 9 heteroatoms. The summed E-state index contributed by atoms with van der Waals surface area (Å²) in [5.41, 5.74) is 9.13. The van der Waals surface area contributed by atoms with Crippen molar-refractivity contribution in [2.45, 2.75) is 6.54 Å². The first kappa shape index (κ1) is 15.3. The lowest BCUT2D eigenvalue weighted by atomic mass is 10.1. The fourth-order valence-electron chi connectivity index (χ4n) is 2.51. The second-order valence-electron chi connectivity index (χ2n) is 5.52. The molecule has 1 amide bonds. The Morgan fingerprint density at radius 2 is 2.20 bits per heavy atom. The van der Waals surface area contributed by atoms with Gasteiger partial charge in [-0.2, -0.15) is 10.1 Å². The van der Waals surface area contributed by atoms with Crippen LogP contribution in [0.1, 0.15) is 15.4 Å². The van der Waals surface area contributed by atoms with E-state index in [2.05, 4.69) is 20.5 Å². The number of anilines is 1. The first-order valence-electron chi connectivity index (χ1n) is 7.56. The number of amides is 1. The van der Waals surface area contributed by atoms with Crippen LogP contribution in [0.5, 0.6) is 0 Å². The third-order valence-corrected chi connectivity index (χ3v) is 4.79. The molecule has 4 aromatic rings. The van der Waals surface area contributed by atoms with Gasteiger partial charge >= 0.3 is 0 Å². The number of carbonyl (C=O) groups is 1. The Bertz CT molecular complexity index is 1060. The average molecular weight is 353 g/mol. The van der Waals surface area contributed by atoms with Crippen LogP contribution in [-0.4, -0.2) is 30.3 Å². The molecule has 0 aromatic carbocycles. The number of thiophene rings is 1. The van der Waals surface area contributed by atoms with Gasteiger partial charge in [0.1, 0.15) is 0 Å². The van der Waals surface area contributed by atoms with Crippen LogP contribution in [0.15, 0.2) is 42.0 Å². The fraction of sp³-hybridized carbons (Fsp3) is 0.125. The summed E-state index contributed by atoms with van der Waals surface area (Å²) in [4.78, 5) is 17.1. The van der Waals surface area contributed by atoms with Gasteiger partial charge in [0.05, 0.1) is 17.1 Å². The SMILES string of the molecule is Cn1nccc1CNC(=O)c1cc(-c2ccc3nc(N)nn3c2)cs1. The van der Waals surface area contributed by atoms with Crippen LogP contribution in [0.3, 0.4) is 0 Å². The van der Waals surface area contributed by atoms with Gasteiger partial charge in [-0.05, 0) is 35.2 Å². The molecule has 8 nitrogen and oxygen atoms in total. The Hall–Kier alpha value is -3.20. The molecule has 0 bridgehead atoms. The summed E-state index contributed by atoms with van der Waals surface area (Å²) in [7, 11) is 1.85. The molecular weight excluding hydrogens is 338 g/mol. The summed E-state index contributed by atoms with van der Waals surface area (Å²) in [6.07, 6.45) is 3.55. The smallest absolute Gasteiger partial charge is 0.261 e. The monoisotopic (exact) mass is 353 g/mol. The van der Waals surface area contributed by atoms with E-state index in [0.717, 1.165) is 16.8 Å². The fourth-order valence-corrected chi connectivity index (χ4v) is 3.34. The van der Waals surface area contributed by atoms with E-state index >= 15 is 0 Å². The van der Waals surface area contributed by atoms with Gasteiger partial charge in [0.25, 0.3) is 5.91 Å². The van der Waals surface area contributed by atoms with Crippen molar-refractivity contribution in [3.8, 4) is 11.1 Å². The van der Waals surface area contributed by atoms with Crippen LogP contribution in [0, 0.1) is 0 Å². The lowest BCUT2D eigenvalue weighted by Gasteiger charge is -2.03. The molecule has 0 aliphatic rings. The summed E-state index contributed by atoms with van der Waals surface area (Å²) in [6.45, 7) is 0.437. The summed E-state index contributed by atoms with van der Waals surface area (Å²) in [5.74, 6) is 0.126. The van der Waals surface area contributed by atoms with Crippen molar-refractivity contribution in [2.24, 2.45) is 7.05 Å². The van der Waals surface area contributed by atoms with Crippen LogP contribution >= 0.6 is 11.3 Å². The minimum atomic E-state index is -0.108. The lowest BCUT2D eigenvalue weighted by Crippen LogP contribution is -2.23. The first-order chi connectivity index (χ1) is 12.1. The van der Waals surface area contributed by atoms with Gasteiger partial charge in [0, 0.05) is 25.0 Å².